The molecule has 1 heterocycles. The molecule has 2 nitrogen and oxygen atoms in total. The maximum Gasteiger partial charge on any atom is 0.146 e. The Balaban J connectivity index is 1.93. The van der Waals surface area contributed by atoms with E-state index in [1.165, 1.54) is 12.8 Å². The van der Waals surface area contributed by atoms with E-state index in [-0.39, 0.29) is 10.8 Å². The number of benzene rings is 1. The Morgan fingerprint density at radius 2 is 2.32 bits per heavy atom. The van der Waals surface area contributed by atoms with Gasteiger partial charge in [-0.15, -0.1) is 0 Å². The van der Waals surface area contributed by atoms with Crippen molar-refractivity contribution < 1.29 is 4.39 Å². The van der Waals surface area contributed by atoms with Gasteiger partial charge < -0.3 is 5.32 Å². The molecule has 0 spiro atoms. The van der Waals surface area contributed by atoms with Crippen LogP contribution in [0.1, 0.15) is 25.3 Å². The molecule has 1 aliphatic heterocycles. The van der Waals surface area contributed by atoms with Crippen LogP contribution in [-0.2, 0) is 6.54 Å². The Hall–Kier alpha value is -0.640. The van der Waals surface area contributed by atoms with Crippen LogP contribution in [0, 0.1) is 11.7 Å². The van der Waals surface area contributed by atoms with Crippen LogP contribution in [0.4, 0.5) is 4.39 Å². The van der Waals surface area contributed by atoms with Crippen molar-refractivity contribution in [3.05, 3.63) is 34.6 Å². The number of rotatable bonds is 5. The Morgan fingerprint density at radius 3 is 3.11 bits per heavy atom. The van der Waals surface area contributed by atoms with Crippen molar-refractivity contribution in [2.75, 3.05) is 26.2 Å². The molecule has 0 bridgehead atoms. The van der Waals surface area contributed by atoms with E-state index in [1.807, 2.05) is 12.1 Å². The van der Waals surface area contributed by atoms with Crippen molar-refractivity contribution in [1.29, 1.82) is 0 Å². The van der Waals surface area contributed by atoms with Crippen LogP contribution >= 0.6 is 11.6 Å². The summed E-state index contributed by atoms with van der Waals surface area (Å²) >= 11 is 5.83. The van der Waals surface area contributed by atoms with Gasteiger partial charge in [0.2, 0.25) is 0 Å². The fraction of sp³-hybridized carbons (Fsp3) is 0.600. The van der Waals surface area contributed by atoms with E-state index in [9.17, 15) is 4.39 Å². The third kappa shape index (κ3) is 4.16. The van der Waals surface area contributed by atoms with Crippen molar-refractivity contribution >= 4 is 11.6 Å². The summed E-state index contributed by atoms with van der Waals surface area (Å²) in [4.78, 5) is 2.33. The van der Waals surface area contributed by atoms with Gasteiger partial charge in [-0.3, -0.25) is 4.90 Å². The van der Waals surface area contributed by atoms with Gasteiger partial charge in [0.1, 0.15) is 5.82 Å². The zero-order chi connectivity index (χ0) is 13.7. The molecule has 1 saturated heterocycles. The first-order chi connectivity index (χ1) is 9.20. The third-order valence-corrected chi connectivity index (χ3v) is 4.00. The largest absolute Gasteiger partial charge is 0.317 e. The van der Waals surface area contributed by atoms with Crippen molar-refractivity contribution in [1.82, 2.24) is 10.2 Å². The van der Waals surface area contributed by atoms with E-state index in [1.54, 1.807) is 6.07 Å². The van der Waals surface area contributed by atoms with Crippen LogP contribution in [0.2, 0.25) is 5.02 Å². The van der Waals surface area contributed by atoms with Crippen LogP contribution in [-0.4, -0.2) is 31.1 Å². The molecule has 1 aromatic rings. The molecule has 0 saturated carbocycles. The van der Waals surface area contributed by atoms with E-state index in [2.05, 4.69) is 17.1 Å². The highest BCUT2D eigenvalue weighted by Gasteiger charge is 2.20. The summed E-state index contributed by atoms with van der Waals surface area (Å²) in [6, 6.07) is 5.25. The molecule has 1 fully saturated rings. The normalized spacial score (nSPS) is 20.7. The molecule has 106 valence electrons. The topological polar surface area (TPSA) is 15.3 Å². The molecule has 1 aliphatic rings. The summed E-state index contributed by atoms with van der Waals surface area (Å²) in [6.45, 7) is 6.95. The SMILES string of the molecule is CCNCC1CCCN(Cc2cccc(Cl)c2F)C1. The lowest BCUT2D eigenvalue weighted by molar-refractivity contribution is 0.164. The lowest BCUT2D eigenvalue weighted by atomic mass is 9.97. The molecule has 1 aromatic carbocycles. The second-order valence-electron chi connectivity index (χ2n) is 5.26. The molecule has 2 rings (SSSR count). The average molecular weight is 285 g/mol. The smallest absolute Gasteiger partial charge is 0.146 e. The van der Waals surface area contributed by atoms with Crippen molar-refractivity contribution in [2.24, 2.45) is 5.92 Å². The van der Waals surface area contributed by atoms with E-state index in [0.717, 1.165) is 26.2 Å². The molecule has 0 amide bonds. The highest BCUT2D eigenvalue weighted by molar-refractivity contribution is 6.30. The Morgan fingerprint density at radius 1 is 1.47 bits per heavy atom. The maximum atomic E-state index is 13.9. The lowest BCUT2D eigenvalue weighted by Gasteiger charge is -2.33. The summed E-state index contributed by atoms with van der Waals surface area (Å²) in [7, 11) is 0. The fourth-order valence-electron chi connectivity index (χ4n) is 2.72. The standard InChI is InChI=1S/C15H22ClFN2/c1-2-18-9-12-5-4-8-19(10-12)11-13-6-3-7-14(16)15(13)17/h3,6-7,12,18H,2,4-5,8-11H2,1H3. The molecular formula is C15H22ClFN2. The quantitative estimate of drug-likeness (QED) is 0.892. The molecular weight excluding hydrogens is 263 g/mol. The zero-order valence-electron chi connectivity index (χ0n) is 11.5. The van der Waals surface area contributed by atoms with Crippen molar-refractivity contribution in [3.63, 3.8) is 0 Å². The molecule has 0 aromatic heterocycles. The Bertz CT molecular complexity index is 411. The molecule has 19 heavy (non-hydrogen) atoms. The predicted octanol–water partition coefficient (Wildman–Crippen LogP) is 3.30. The van der Waals surface area contributed by atoms with Gasteiger partial charge in [0.15, 0.2) is 0 Å². The number of hydrogen-bond donors (Lipinski definition) is 1. The number of halogens is 2. The van der Waals surface area contributed by atoms with E-state index >= 15 is 0 Å². The highest BCUT2D eigenvalue weighted by atomic mass is 35.5. The maximum absolute atomic E-state index is 13.9. The highest BCUT2D eigenvalue weighted by Crippen LogP contribution is 2.22. The predicted molar refractivity (Wildman–Crippen MR) is 78.0 cm³/mol. The zero-order valence-corrected chi connectivity index (χ0v) is 12.2. The van der Waals surface area contributed by atoms with Gasteiger partial charge >= 0.3 is 0 Å². The Labute approximate surface area is 119 Å². The lowest BCUT2D eigenvalue weighted by Crippen LogP contribution is -2.39. The summed E-state index contributed by atoms with van der Waals surface area (Å²) < 4.78 is 13.9. The first kappa shape index (κ1) is 14.8. The van der Waals surface area contributed by atoms with Gasteiger partial charge in [0, 0.05) is 18.7 Å². The minimum Gasteiger partial charge on any atom is -0.317 e. The van der Waals surface area contributed by atoms with Crippen molar-refractivity contribution in [3.8, 4) is 0 Å². The number of nitrogens with one attached hydrogen (secondary N) is 1. The Kier molecular flexibility index (Phi) is 5.61. The van der Waals surface area contributed by atoms with Gasteiger partial charge in [0.05, 0.1) is 5.02 Å². The first-order valence-electron chi connectivity index (χ1n) is 7.06. The van der Waals surface area contributed by atoms with E-state index in [4.69, 9.17) is 11.6 Å². The minimum absolute atomic E-state index is 0.221. The van der Waals surface area contributed by atoms with E-state index in [0.29, 0.717) is 18.0 Å². The molecule has 1 unspecified atom stereocenters. The summed E-state index contributed by atoms with van der Waals surface area (Å²) in [5.74, 6) is 0.411. The monoisotopic (exact) mass is 284 g/mol. The molecule has 1 N–H and O–H groups in total. The van der Waals surface area contributed by atoms with Crippen LogP contribution < -0.4 is 5.32 Å². The van der Waals surface area contributed by atoms with Gasteiger partial charge in [-0.1, -0.05) is 30.7 Å². The van der Waals surface area contributed by atoms with Gasteiger partial charge in [-0.25, -0.2) is 4.39 Å². The van der Waals surface area contributed by atoms with Crippen LogP contribution in [0.3, 0.4) is 0 Å². The minimum atomic E-state index is -0.266. The average Bonchev–Trinajstić information content (AvgIpc) is 2.42. The number of nitrogens with zero attached hydrogens (tertiary/aromatic N) is 1. The summed E-state index contributed by atoms with van der Waals surface area (Å²) in [5.41, 5.74) is 0.705. The number of likely N-dealkylation sites (tertiary alicyclic amines) is 1. The third-order valence-electron chi connectivity index (χ3n) is 3.71. The number of hydrogen-bond acceptors (Lipinski definition) is 2. The molecule has 1 atom stereocenters. The second kappa shape index (κ2) is 7.22. The second-order valence-corrected chi connectivity index (χ2v) is 5.67. The van der Waals surface area contributed by atoms with Gasteiger partial charge in [-0.2, -0.15) is 0 Å². The number of piperidine rings is 1. The summed E-state index contributed by atoms with van der Waals surface area (Å²) in [6.07, 6.45) is 2.46. The van der Waals surface area contributed by atoms with Crippen LogP contribution in [0.5, 0.6) is 0 Å². The van der Waals surface area contributed by atoms with E-state index < -0.39 is 0 Å². The van der Waals surface area contributed by atoms with Crippen LogP contribution in [0.15, 0.2) is 18.2 Å². The van der Waals surface area contributed by atoms with Crippen LogP contribution in [0.25, 0.3) is 0 Å². The summed E-state index contributed by atoms with van der Waals surface area (Å²) in [5, 5.41) is 3.62. The molecule has 0 aliphatic carbocycles. The van der Waals surface area contributed by atoms with Crippen molar-refractivity contribution in [2.45, 2.75) is 26.3 Å². The van der Waals surface area contributed by atoms with Gasteiger partial charge in [-0.05, 0) is 44.5 Å². The van der Waals surface area contributed by atoms with Gasteiger partial charge in [0.25, 0.3) is 0 Å². The molecule has 4 heteroatoms. The first-order valence-corrected chi connectivity index (χ1v) is 7.44. The molecule has 0 radical (unpaired) electrons. The fourth-order valence-corrected chi connectivity index (χ4v) is 2.92.